The molecule has 0 unspecified atom stereocenters. The molecule has 0 bridgehead atoms. The topological polar surface area (TPSA) is 49.4 Å². The average Bonchev–Trinajstić information content (AvgIpc) is 2.82. The maximum atomic E-state index is 11.8. The van der Waals surface area contributed by atoms with E-state index in [0.29, 0.717) is 4.90 Å². The third-order valence-electron chi connectivity index (χ3n) is 2.87. The van der Waals surface area contributed by atoms with Gasteiger partial charge in [0.15, 0.2) is 0 Å². The fourth-order valence-corrected chi connectivity index (χ4v) is 2.96. The van der Waals surface area contributed by atoms with E-state index in [1.54, 1.807) is 12.1 Å². The first-order valence-corrected chi connectivity index (χ1v) is 6.91. The second kappa shape index (κ2) is 4.43. The summed E-state index contributed by atoms with van der Waals surface area (Å²) in [4.78, 5) is 2.50. The molecular weight excluding hydrogens is 224 g/mol. The normalized spacial score (nSPS) is 16.7. The van der Waals surface area contributed by atoms with Crippen molar-refractivity contribution in [2.45, 2.75) is 17.7 Å². The smallest absolute Gasteiger partial charge is 0.242 e. The Hall–Kier alpha value is -1.07. The predicted molar refractivity (Wildman–Crippen MR) is 64.1 cm³/mol. The van der Waals surface area contributed by atoms with E-state index in [9.17, 15) is 8.42 Å². The molecule has 0 atom stereocenters. The van der Waals surface area contributed by atoms with Gasteiger partial charge in [-0.1, -0.05) is 12.1 Å². The zero-order valence-corrected chi connectivity index (χ0v) is 10.1. The van der Waals surface area contributed by atoms with Crippen molar-refractivity contribution in [1.29, 1.82) is 0 Å². The third-order valence-corrected chi connectivity index (χ3v) is 4.33. The summed E-state index contributed by atoms with van der Waals surface area (Å²) in [7, 11) is -1.92. The minimum absolute atomic E-state index is 0.374. The lowest BCUT2D eigenvalue weighted by atomic mass is 10.3. The maximum Gasteiger partial charge on any atom is 0.242 e. The van der Waals surface area contributed by atoms with Gasteiger partial charge in [-0.25, -0.2) is 13.1 Å². The van der Waals surface area contributed by atoms with Crippen LogP contribution in [0.25, 0.3) is 0 Å². The molecule has 4 nitrogen and oxygen atoms in total. The van der Waals surface area contributed by atoms with Gasteiger partial charge in [-0.2, -0.15) is 0 Å². The van der Waals surface area contributed by atoms with Crippen molar-refractivity contribution in [2.75, 3.05) is 25.0 Å². The fraction of sp³-hybridized carbons (Fsp3) is 0.455. The highest BCUT2D eigenvalue weighted by molar-refractivity contribution is 7.89. The van der Waals surface area contributed by atoms with E-state index in [1.807, 2.05) is 12.1 Å². The number of nitrogens with zero attached hydrogens (tertiary/aromatic N) is 1. The summed E-state index contributed by atoms with van der Waals surface area (Å²) in [6, 6.07) is 7.15. The molecule has 1 aromatic rings. The molecule has 16 heavy (non-hydrogen) atoms. The Morgan fingerprint density at radius 1 is 1.19 bits per heavy atom. The second-order valence-electron chi connectivity index (χ2n) is 3.87. The van der Waals surface area contributed by atoms with Crippen LogP contribution in [0.1, 0.15) is 12.8 Å². The van der Waals surface area contributed by atoms with Crippen molar-refractivity contribution < 1.29 is 8.42 Å². The van der Waals surface area contributed by atoms with Gasteiger partial charge in [0.25, 0.3) is 0 Å². The van der Waals surface area contributed by atoms with Crippen LogP contribution in [-0.2, 0) is 10.0 Å². The number of para-hydroxylation sites is 1. The fourth-order valence-electron chi connectivity index (χ4n) is 2.01. The van der Waals surface area contributed by atoms with E-state index >= 15 is 0 Å². The van der Waals surface area contributed by atoms with Crippen LogP contribution in [0.15, 0.2) is 29.2 Å². The Morgan fingerprint density at radius 2 is 1.81 bits per heavy atom. The summed E-state index contributed by atoms with van der Waals surface area (Å²) in [5, 5.41) is 0. The van der Waals surface area contributed by atoms with Gasteiger partial charge in [0.2, 0.25) is 10.0 Å². The van der Waals surface area contributed by atoms with Crippen LogP contribution in [0.3, 0.4) is 0 Å². The zero-order valence-electron chi connectivity index (χ0n) is 9.31. The van der Waals surface area contributed by atoms with Crippen LogP contribution >= 0.6 is 0 Å². The highest BCUT2D eigenvalue weighted by Crippen LogP contribution is 2.27. The summed E-state index contributed by atoms with van der Waals surface area (Å²) in [5.74, 6) is 0. The molecule has 1 fully saturated rings. The molecule has 0 saturated carbocycles. The number of hydrogen-bond acceptors (Lipinski definition) is 3. The predicted octanol–water partition coefficient (Wildman–Crippen LogP) is 1.19. The zero-order chi connectivity index (χ0) is 11.6. The molecule has 1 aromatic carbocycles. The van der Waals surface area contributed by atoms with Gasteiger partial charge in [-0.3, -0.25) is 0 Å². The lowest BCUT2D eigenvalue weighted by Crippen LogP contribution is -2.24. The van der Waals surface area contributed by atoms with Crippen molar-refractivity contribution >= 4 is 15.7 Å². The lowest BCUT2D eigenvalue weighted by molar-refractivity contribution is 0.588. The standard InChI is InChI=1S/C11H16N2O2S/c1-12-16(14,15)11-7-3-2-6-10(11)13-8-4-5-9-13/h2-3,6-7,12H,4-5,8-9H2,1H3. The number of rotatable bonds is 3. The van der Waals surface area contributed by atoms with Crippen LogP contribution in [0, 0.1) is 0 Å². The first-order chi connectivity index (χ1) is 7.65. The minimum Gasteiger partial charge on any atom is -0.370 e. The summed E-state index contributed by atoms with van der Waals surface area (Å²) in [5.41, 5.74) is 0.814. The summed E-state index contributed by atoms with van der Waals surface area (Å²) < 4.78 is 26.0. The summed E-state index contributed by atoms with van der Waals surface area (Å²) in [6.07, 6.45) is 2.27. The van der Waals surface area contributed by atoms with E-state index in [1.165, 1.54) is 7.05 Å². The average molecular weight is 240 g/mol. The molecule has 1 N–H and O–H groups in total. The molecule has 0 aromatic heterocycles. The summed E-state index contributed by atoms with van der Waals surface area (Å²) >= 11 is 0. The lowest BCUT2D eigenvalue weighted by Gasteiger charge is -2.20. The SMILES string of the molecule is CNS(=O)(=O)c1ccccc1N1CCCC1. The molecule has 0 spiro atoms. The molecule has 0 aliphatic carbocycles. The number of anilines is 1. The molecule has 1 aliphatic rings. The highest BCUT2D eigenvalue weighted by Gasteiger charge is 2.21. The molecule has 0 amide bonds. The molecule has 1 saturated heterocycles. The second-order valence-corrected chi connectivity index (χ2v) is 5.72. The van der Waals surface area contributed by atoms with Crippen molar-refractivity contribution in [3.8, 4) is 0 Å². The molecule has 0 radical (unpaired) electrons. The van der Waals surface area contributed by atoms with Crippen molar-refractivity contribution in [3.05, 3.63) is 24.3 Å². The van der Waals surface area contributed by atoms with Gasteiger partial charge in [-0.05, 0) is 32.0 Å². The number of sulfonamides is 1. The van der Waals surface area contributed by atoms with Crippen LogP contribution < -0.4 is 9.62 Å². The Balaban J connectivity index is 2.45. The van der Waals surface area contributed by atoms with Crippen molar-refractivity contribution in [2.24, 2.45) is 0 Å². The summed E-state index contributed by atoms with van der Waals surface area (Å²) in [6.45, 7) is 1.88. The Bertz CT molecular complexity index is 465. The number of benzene rings is 1. The molecular formula is C11H16N2O2S. The van der Waals surface area contributed by atoms with Crippen LogP contribution in [0.4, 0.5) is 5.69 Å². The monoisotopic (exact) mass is 240 g/mol. The van der Waals surface area contributed by atoms with Crippen LogP contribution in [0.2, 0.25) is 0 Å². The van der Waals surface area contributed by atoms with Gasteiger partial charge in [0, 0.05) is 13.1 Å². The number of nitrogens with one attached hydrogen (secondary N) is 1. The van der Waals surface area contributed by atoms with Gasteiger partial charge in [0.1, 0.15) is 4.90 Å². The van der Waals surface area contributed by atoms with E-state index in [4.69, 9.17) is 0 Å². The molecule has 2 rings (SSSR count). The molecule has 5 heteroatoms. The van der Waals surface area contributed by atoms with E-state index in [0.717, 1.165) is 31.6 Å². The van der Waals surface area contributed by atoms with Gasteiger partial charge in [-0.15, -0.1) is 0 Å². The van der Waals surface area contributed by atoms with Crippen molar-refractivity contribution in [3.63, 3.8) is 0 Å². The quantitative estimate of drug-likeness (QED) is 0.863. The first kappa shape index (κ1) is 11.4. The van der Waals surface area contributed by atoms with Gasteiger partial charge >= 0.3 is 0 Å². The van der Waals surface area contributed by atoms with E-state index in [-0.39, 0.29) is 0 Å². The maximum absolute atomic E-state index is 11.8. The molecule has 1 heterocycles. The molecule has 1 aliphatic heterocycles. The third kappa shape index (κ3) is 2.05. The number of hydrogen-bond donors (Lipinski definition) is 1. The highest BCUT2D eigenvalue weighted by atomic mass is 32.2. The Kier molecular flexibility index (Phi) is 3.16. The van der Waals surface area contributed by atoms with Crippen LogP contribution in [0.5, 0.6) is 0 Å². The van der Waals surface area contributed by atoms with Crippen LogP contribution in [-0.4, -0.2) is 28.6 Å². The largest absolute Gasteiger partial charge is 0.370 e. The van der Waals surface area contributed by atoms with E-state index < -0.39 is 10.0 Å². The van der Waals surface area contributed by atoms with Gasteiger partial charge in [0.05, 0.1) is 5.69 Å². The van der Waals surface area contributed by atoms with Gasteiger partial charge < -0.3 is 4.90 Å². The van der Waals surface area contributed by atoms with Crippen molar-refractivity contribution in [1.82, 2.24) is 4.72 Å². The first-order valence-electron chi connectivity index (χ1n) is 5.42. The Labute approximate surface area is 96.3 Å². The van der Waals surface area contributed by atoms with E-state index in [2.05, 4.69) is 9.62 Å². The minimum atomic E-state index is -3.36. The molecule has 88 valence electrons. The Morgan fingerprint density at radius 3 is 2.44 bits per heavy atom.